The third kappa shape index (κ3) is 2.46. The maximum atomic E-state index is 13.2. The molecule has 1 aromatic rings. The van der Waals surface area contributed by atoms with Crippen LogP contribution in [-0.4, -0.2) is 11.8 Å². The topological polar surface area (TPSA) is 37.4 Å². The zero-order valence-electron chi connectivity index (χ0n) is 10.2. The van der Waals surface area contributed by atoms with Gasteiger partial charge in [-0.1, -0.05) is 13.8 Å². The van der Waals surface area contributed by atoms with Gasteiger partial charge >= 0.3 is 0 Å². The van der Waals surface area contributed by atoms with E-state index in [0.29, 0.717) is 4.47 Å². The molecule has 1 aliphatic heterocycles. The predicted molar refractivity (Wildman–Crippen MR) is 69.6 cm³/mol. The van der Waals surface area contributed by atoms with Gasteiger partial charge in [0, 0.05) is 17.3 Å². The smallest absolute Gasteiger partial charge is 0.234 e. The van der Waals surface area contributed by atoms with Crippen molar-refractivity contribution in [3.63, 3.8) is 0 Å². The Kier molecular flexibility index (Phi) is 3.27. The fourth-order valence-corrected chi connectivity index (χ4v) is 2.53. The lowest BCUT2D eigenvalue weighted by molar-refractivity contribution is -0.132. The van der Waals surface area contributed by atoms with Crippen LogP contribution in [-0.2, 0) is 9.59 Å². The third-order valence-corrected chi connectivity index (χ3v) is 3.58. The Balaban J connectivity index is 2.42. The summed E-state index contributed by atoms with van der Waals surface area (Å²) in [6, 6.07) is 3.96. The molecule has 1 fully saturated rings. The molecule has 0 spiro atoms. The Hall–Kier alpha value is -1.23. The molecule has 0 aromatic heterocycles. The van der Waals surface area contributed by atoms with E-state index >= 15 is 0 Å². The van der Waals surface area contributed by atoms with Crippen molar-refractivity contribution < 1.29 is 14.0 Å². The standard InChI is InChI=1S/C13H13BrFNO2/c1-13(2)6-11(17)16(12(18)7-13)10-5-8(15)3-4-9(10)14/h3-5H,6-7H2,1-2H3. The number of hydrogen-bond acceptors (Lipinski definition) is 2. The van der Waals surface area contributed by atoms with E-state index in [1.54, 1.807) is 0 Å². The second-order valence-electron chi connectivity index (χ2n) is 5.24. The molecule has 0 aliphatic carbocycles. The van der Waals surface area contributed by atoms with Gasteiger partial charge in [0.1, 0.15) is 5.82 Å². The number of rotatable bonds is 1. The number of nitrogens with zero attached hydrogens (tertiary/aromatic N) is 1. The van der Waals surface area contributed by atoms with Gasteiger partial charge in [0.2, 0.25) is 11.8 Å². The van der Waals surface area contributed by atoms with Crippen LogP contribution in [0, 0.1) is 11.2 Å². The van der Waals surface area contributed by atoms with Gasteiger partial charge in [0.25, 0.3) is 0 Å². The molecule has 1 aliphatic rings. The lowest BCUT2D eigenvalue weighted by Gasteiger charge is -2.35. The minimum Gasteiger partial charge on any atom is -0.274 e. The highest BCUT2D eigenvalue weighted by molar-refractivity contribution is 9.10. The summed E-state index contributed by atoms with van der Waals surface area (Å²) in [5.74, 6) is -1.05. The van der Waals surface area contributed by atoms with E-state index in [-0.39, 0.29) is 35.8 Å². The summed E-state index contributed by atoms with van der Waals surface area (Å²) in [4.78, 5) is 25.2. The highest BCUT2D eigenvalue weighted by Crippen LogP contribution is 2.36. The van der Waals surface area contributed by atoms with Gasteiger partial charge in [0.05, 0.1) is 5.69 Å². The Morgan fingerprint density at radius 2 is 1.78 bits per heavy atom. The van der Waals surface area contributed by atoms with Crippen LogP contribution in [0.3, 0.4) is 0 Å². The normalized spacial score (nSPS) is 19.2. The van der Waals surface area contributed by atoms with Crippen molar-refractivity contribution in [2.24, 2.45) is 5.41 Å². The van der Waals surface area contributed by atoms with E-state index < -0.39 is 5.82 Å². The van der Waals surface area contributed by atoms with E-state index in [1.807, 2.05) is 13.8 Å². The van der Waals surface area contributed by atoms with Crippen LogP contribution in [0.15, 0.2) is 22.7 Å². The van der Waals surface area contributed by atoms with Gasteiger partial charge in [-0.2, -0.15) is 0 Å². The van der Waals surface area contributed by atoms with E-state index in [9.17, 15) is 14.0 Å². The van der Waals surface area contributed by atoms with Crippen molar-refractivity contribution in [2.45, 2.75) is 26.7 Å². The molecular weight excluding hydrogens is 301 g/mol. The van der Waals surface area contributed by atoms with Crippen molar-refractivity contribution in [3.8, 4) is 0 Å². The molecule has 0 radical (unpaired) electrons. The van der Waals surface area contributed by atoms with Crippen LogP contribution in [0.1, 0.15) is 26.7 Å². The summed E-state index contributed by atoms with van der Waals surface area (Å²) >= 11 is 3.24. The van der Waals surface area contributed by atoms with Gasteiger partial charge < -0.3 is 0 Å². The van der Waals surface area contributed by atoms with Gasteiger partial charge in [-0.15, -0.1) is 0 Å². The number of carbonyl (C=O) groups excluding carboxylic acids is 2. The van der Waals surface area contributed by atoms with Crippen LogP contribution >= 0.6 is 15.9 Å². The van der Waals surface area contributed by atoms with E-state index in [2.05, 4.69) is 15.9 Å². The van der Waals surface area contributed by atoms with Gasteiger partial charge in [-0.05, 0) is 39.5 Å². The van der Waals surface area contributed by atoms with Crippen LogP contribution in [0.4, 0.5) is 10.1 Å². The molecule has 0 atom stereocenters. The first-order valence-electron chi connectivity index (χ1n) is 5.61. The van der Waals surface area contributed by atoms with Crippen molar-refractivity contribution in [3.05, 3.63) is 28.5 Å². The Labute approximate surface area is 113 Å². The molecule has 1 saturated heterocycles. The Bertz CT molecular complexity index is 508. The molecule has 0 N–H and O–H groups in total. The average Bonchev–Trinajstić information content (AvgIpc) is 2.20. The van der Waals surface area contributed by atoms with Crippen LogP contribution in [0.5, 0.6) is 0 Å². The van der Waals surface area contributed by atoms with Crippen molar-refractivity contribution in [2.75, 3.05) is 4.90 Å². The monoisotopic (exact) mass is 313 g/mol. The summed E-state index contributed by atoms with van der Waals surface area (Å²) in [6.07, 6.45) is 0.559. The van der Waals surface area contributed by atoms with Gasteiger partial charge in [0.15, 0.2) is 0 Å². The third-order valence-electron chi connectivity index (χ3n) is 2.91. The zero-order chi connectivity index (χ0) is 13.5. The number of imide groups is 1. The molecule has 96 valence electrons. The van der Waals surface area contributed by atoms with Crippen molar-refractivity contribution >= 4 is 33.4 Å². The van der Waals surface area contributed by atoms with Crippen molar-refractivity contribution in [1.29, 1.82) is 0 Å². The molecular formula is C13H13BrFNO2. The molecule has 1 heterocycles. The van der Waals surface area contributed by atoms with Crippen LogP contribution in [0.25, 0.3) is 0 Å². The fraction of sp³-hybridized carbons (Fsp3) is 0.385. The summed E-state index contributed by atoms with van der Waals surface area (Å²) in [5, 5.41) is 0. The predicted octanol–water partition coefficient (Wildman–Crippen LogP) is 3.27. The number of amides is 2. The number of carbonyl (C=O) groups is 2. The largest absolute Gasteiger partial charge is 0.274 e. The Morgan fingerprint density at radius 1 is 1.22 bits per heavy atom. The molecule has 1 aromatic carbocycles. The fourth-order valence-electron chi connectivity index (χ4n) is 2.10. The molecule has 5 heteroatoms. The average molecular weight is 314 g/mol. The van der Waals surface area contributed by atoms with E-state index in [1.165, 1.54) is 18.2 Å². The quantitative estimate of drug-likeness (QED) is 0.746. The number of benzene rings is 1. The molecule has 2 amide bonds. The zero-order valence-corrected chi connectivity index (χ0v) is 11.8. The first kappa shape index (κ1) is 13.2. The highest BCUT2D eigenvalue weighted by atomic mass is 79.9. The molecule has 0 bridgehead atoms. The lowest BCUT2D eigenvalue weighted by atomic mass is 9.81. The SMILES string of the molecule is CC1(C)CC(=O)N(c2cc(F)ccc2Br)C(=O)C1. The number of anilines is 1. The number of piperidine rings is 1. The van der Waals surface area contributed by atoms with Crippen molar-refractivity contribution in [1.82, 2.24) is 0 Å². The van der Waals surface area contributed by atoms with Crippen LogP contribution < -0.4 is 4.90 Å². The second-order valence-corrected chi connectivity index (χ2v) is 6.09. The highest BCUT2D eigenvalue weighted by Gasteiger charge is 2.38. The van der Waals surface area contributed by atoms with E-state index in [0.717, 1.165) is 4.90 Å². The lowest BCUT2D eigenvalue weighted by Crippen LogP contribution is -2.46. The maximum absolute atomic E-state index is 13.2. The molecule has 0 saturated carbocycles. The summed E-state index contributed by atoms with van der Waals surface area (Å²) in [6.45, 7) is 3.75. The maximum Gasteiger partial charge on any atom is 0.234 e. The van der Waals surface area contributed by atoms with Gasteiger partial charge in [-0.25, -0.2) is 9.29 Å². The molecule has 18 heavy (non-hydrogen) atoms. The van der Waals surface area contributed by atoms with Crippen LogP contribution in [0.2, 0.25) is 0 Å². The second kappa shape index (κ2) is 4.46. The van der Waals surface area contributed by atoms with E-state index in [4.69, 9.17) is 0 Å². The first-order chi connectivity index (χ1) is 8.30. The molecule has 0 unspecified atom stereocenters. The first-order valence-corrected chi connectivity index (χ1v) is 6.40. The van der Waals surface area contributed by atoms with Gasteiger partial charge in [-0.3, -0.25) is 9.59 Å². The molecule has 2 rings (SSSR count). The minimum atomic E-state index is -0.473. The number of hydrogen-bond donors (Lipinski definition) is 0. The molecule has 3 nitrogen and oxygen atoms in total. The Morgan fingerprint density at radius 3 is 2.33 bits per heavy atom. The summed E-state index contributed by atoms with van der Waals surface area (Å²) < 4.78 is 13.8. The minimum absolute atomic E-state index is 0.278. The summed E-state index contributed by atoms with van der Waals surface area (Å²) in [7, 11) is 0. The summed E-state index contributed by atoms with van der Waals surface area (Å²) in [5.41, 5.74) is -0.0507. The number of halogens is 2.